The summed E-state index contributed by atoms with van der Waals surface area (Å²) in [6.45, 7) is 13.8. The number of hydrogen-bond acceptors (Lipinski definition) is 4. The van der Waals surface area contributed by atoms with E-state index in [0.29, 0.717) is 0 Å². The monoisotopic (exact) mass is 409 g/mol. The molecule has 0 amide bonds. The number of rotatable bonds is 7. The summed E-state index contributed by atoms with van der Waals surface area (Å²) in [7, 11) is 0. The molecule has 29 heavy (non-hydrogen) atoms. The van der Waals surface area contributed by atoms with Crippen LogP contribution in [0.3, 0.4) is 0 Å². The van der Waals surface area contributed by atoms with E-state index in [-0.39, 0.29) is 11.5 Å². The molecule has 0 aliphatic rings. The van der Waals surface area contributed by atoms with E-state index in [1.165, 1.54) is 16.7 Å². The van der Waals surface area contributed by atoms with E-state index in [4.69, 9.17) is 4.74 Å². The molecule has 0 aliphatic carbocycles. The second-order valence-electron chi connectivity index (χ2n) is 8.33. The zero-order chi connectivity index (χ0) is 21.0. The molecule has 0 saturated carbocycles. The summed E-state index contributed by atoms with van der Waals surface area (Å²) in [5.74, 6) is 2.60. The number of thioether (sulfide) groups is 1. The molecule has 1 aromatic heterocycles. The molecule has 3 aromatic rings. The first-order chi connectivity index (χ1) is 13.8. The fourth-order valence-electron chi connectivity index (χ4n) is 3.21. The van der Waals surface area contributed by atoms with E-state index in [2.05, 4.69) is 85.8 Å². The number of ether oxygens (including phenoxy) is 1. The van der Waals surface area contributed by atoms with Crippen molar-refractivity contribution in [3.63, 3.8) is 0 Å². The molecule has 4 nitrogen and oxygen atoms in total. The van der Waals surface area contributed by atoms with E-state index in [9.17, 15) is 0 Å². The van der Waals surface area contributed by atoms with Gasteiger partial charge in [0.25, 0.3) is 0 Å². The summed E-state index contributed by atoms with van der Waals surface area (Å²) in [4.78, 5) is 0. The molecule has 0 aliphatic heterocycles. The molecule has 2 aromatic carbocycles. The van der Waals surface area contributed by atoms with Crippen molar-refractivity contribution in [2.45, 2.75) is 70.5 Å². The van der Waals surface area contributed by atoms with Gasteiger partial charge in [-0.2, -0.15) is 0 Å². The molecule has 1 unspecified atom stereocenters. The molecule has 1 atom stereocenters. The summed E-state index contributed by atoms with van der Waals surface area (Å²) in [6.07, 6.45) is -0.171. The first-order valence-corrected chi connectivity index (χ1v) is 11.2. The Morgan fingerprint density at radius 3 is 2.34 bits per heavy atom. The normalized spacial score (nSPS) is 12.8. The van der Waals surface area contributed by atoms with Gasteiger partial charge in [0.05, 0.1) is 0 Å². The first-order valence-electron chi connectivity index (χ1n) is 10.2. The van der Waals surface area contributed by atoms with Gasteiger partial charge in [0, 0.05) is 12.3 Å². The van der Waals surface area contributed by atoms with Crippen molar-refractivity contribution in [2.75, 3.05) is 0 Å². The van der Waals surface area contributed by atoms with Gasteiger partial charge in [-0.3, -0.25) is 0 Å². The standard InChI is InChI=1S/C24H31N3OS/c1-7-27-22(18(3)28-21-14-12-20(13-15-21)24(4,5)6)25-26-23(27)29-16-19-11-9-8-10-17(19)2/h8-15,18H,7,16H2,1-6H3. The zero-order valence-corrected chi connectivity index (χ0v) is 19.1. The van der Waals surface area contributed by atoms with Crippen molar-refractivity contribution in [1.82, 2.24) is 14.8 Å². The minimum absolute atomic E-state index is 0.135. The predicted octanol–water partition coefficient (Wildman–Crippen LogP) is 6.34. The smallest absolute Gasteiger partial charge is 0.191 e. The molecule has 0 radical (unpaired) electrons. The molecule has 0 spiro atoms. The van der Waals surface area contributed by atoms with Crippen LogP contribution in [0.15, 0.2) is 53.7 Å². The lowest BCUT2D eigenvalue weighted by atomic mass is 9.87. The quantitative estimate of drug-likeness (QED) is 0.427. The second-order valence-corrected chi connectivity index (χ2v) is 9.28. The maximum absolute atomic E-state index is 6.17. The van der Waals surface area contributed by atoms with Crippen LogP contribution < -0.4 is 4.74 Å². The van der Waals surface area contributed by atoms with Crippen LogP contribution in [-0.2, 0) is 17.7 Å². The predicted molar refractivity (Wildman–Crippen MR) is 121 cm³/mol. The Hall–Kier alpha value is -2.27. The van der Waals surface area contributed by atoms with Crippen LogP contribution in [0.4, 0.5) is 0 Å². The summed E-state index contributed by atoms with van der Waals surface area (Å²) in [5.41, 5.74) is 4.06. The van der Waals surface area contributed by atoms with Crippen LogP contribution in [-0.4, -0.2) is 14.8 Å². The Labute approximate surface area is 178 Å². The van der Waals surface area contributed by atoms with E-state index in [1.54, 1.807) is 11.8 Å². The average Bonchev–Trinajstić information content (AvgIpc) is 3.10. The third kappa shape index (κ3) is 5.21. The van der Waals surface area contributed by atoms with Crippen LogP contribution in [0, 0.1) is 6.92 Å². The topological polar surface area (TPSA) is 39.9 Å². The molecule has 154 valence electrons. The highest BCUT2D eigenvalue weighted by molar-refractivity contribution is 7.98. The number of benzene rings is 2. The lowest BCUT2D eigenvalue weighted by Crippen LogP contribution is -2.13. The Bertz CT molecular complexity index is 942. The highest BCUT2D eigenvalue weighted by Gasteiger charge is 2.19. The molecule has 0 bridgehead atoms. The highest BCUT2D eigenvalue weighted by atomic mass is 32.2. The second kappa shape index (κ2) is 9.04. The van der Waals surface area contributed by atoms with Crippen molar-refractivity contribution in [3.05, 3.63) is 71.0 Å². The van der Waals surface area contributed by atoms with Crippen molar-refractivity contribution in [1.29, 1.82) is 0 Å². The molecular weight excluding hydrogens is 378 g/mol. The fourth-order valence-corrected chi connectivity index (χ4v) is 4.29. The van der Waals surface area contributed by atoms with Crippen LogP contribution in [0.25, 0.3) is 0 Å². The maximum Gasteiger partial charge on any atom is 0.191 e. The Balaban J connectivity index is 1.71. The number of nitrogens with zero attached hydrogens (tertiary/aromatic N) is 3. The minimum atomic E-state index is -0.171. The largest absolute Gasteiger partial charge is 0.483 e. The minimum Gasteiger partial charge on any atom is -0.483 e. The highest BCUT2D eigenvalue weighted by Crippen LogP contribution is 2.29. The average molecular weight is 410 g/mol. The Morgan fingerprint density at radius 1 is 1.03 bits per heavy atom. The van der Waals surface area contributed by atoms with Gasteiger partial charge < -0.3 is 9.30 Å². The van der Waals surface area contributed by atoms with Crippen molar-refractivity contribution in [2.24, 2.45) is 0 Å². The summed E-state index contributed by atoms with van der Waals surface area (Å²) in [6, 6.07) is 16.8. The van der Waals surface area contributed by atoms with Crippen molar-refractivity contribution >= 4 is 11.8 Å². The molecule has 5 heteroatoms. The van der Waals surface area contributed by atoms with Gasteiger partial charge in [0.15, 0.2) is 17.1 Å². The van der Waals surface area contributed by atoms with E-state index < -0.39 is 0 Å². The molecule has 0 fully saturated rings. The summed E-state index contributed by atoms with van der Waals surface area (Å²) in [5, 5.41) is 9.81. The molecule has 0 N–H and O–H groups in total. The molecule has 0 saturated heterocycles. The van der Waals surface area contributed by atoms with Crippen molar-refractivity contribution in [3.8, 4) is 5.75 Å². The third-order valence-electron chi connectivity index (χ3n) is 5.08. The van der Waals surface area contributed by atoms with Gasteiger partial charge in [-0.1, -0.05) is 68.9 Å². The first kappa shape index (κ1) is 21.4. The van der Waals surface area contributed by atoms with E-state index in [1.807, 2.05) is 19.1 Å². The number of aryl methyl sites for hydroxylation is 1. The molecule has 3 rings (SSSR count). The van der Waals surface area contributed by atoms with Gasteiger partial charge in [0.2, 0.25) is 0 Å². The maximum atomic E-state index is 6.17. The molecular formula is C24H31N3OS. The summed E-state index contributed by atoms with van der Waals surface area (Å²) >= 11 is 1.72. The van der Waals surface area contributed by atoms with Gasteiger partial charge in [0.1, 0.15) is 5.75 Å². The van der Waals surface area contributed by atoms with Gasteiger partial charge in [-0.25, -0.2) is 0 Å². The number of hydrogen-bond donors (Lipinski definition) is 0. The zero-order valence-electron chi connectivity index (χ0n) is 18.3. The lowest BCUT2D eigenvalue weighted by molar-refractivity contribution is 0.210. The lowest BCUT2D eigenvalue weighted by Gasteiger charge is -2.20. The van der Waals surface area contributed by atoms with E-state index in [0.717, 1.165) is 29.0 Å². The van der Waals surface area contributed by atoms with Crippen LogP contribution in [0.1, 0.15) is 63.2 Å². The van der Waals surface area contributed by atoms with Gasteiger partial charge >= 0.3 is 0 Å². The Morgan fingerprint density at radius 2 is 1.72 bits per heavy atom. The van der Waals surface area contributed by atoms with Crippen molar-refractivity contribution < 1.29 is 4.74 Å². The van der Waals surface area contributed by atoms with Gasteiger partial charge in [-0.15, -0.1) is 10.2 Å². The third-order valence-corrected chi connectivity index (χ3v) is 6.09. The van der Waals surface area contributed by atoms with Crippen LogP contribution in [0.2, 0.25) is 0 Å². The summed E-state index contributed by atoms with van der Waals surface area (Å²) < 4.78 is 8.32. The van der Waals surface area contributed by atoms with E-state index >= 15 is 0 Å². The number of aromatic nitrogens is 3. The van der Waals surface area contributed by atoms with Crippen LogP contribution in [0.5, 0.6) is 5.75 Å². The fraction of sp³-hybridized carbons (Fsp3) is 0.417. The molecule has 1 heterocycles. The van der Waals surface area contributed by atoms with Gasteiger partial charge in [-0.05, 0) is 55.0 Å². The van der Waals surface area contributed by atoms with Crippen LogP contribution >= 0.6 is 11.8 Å². The SMILES string of the molecule is CCn1c(SCc2ccccc2C)nnc1C(C)Oc1ccc(C(C)(C)C)cc1. The Kier molecular flexibility index (Phi) is 6.68.